The number of aryl methyl sites for hydroxylation is 3. The van der Waals surface area contributed by atoms with E-state index in [2.05, 4.69) is 11.2 Å². The Morgan fingerprint density at radius 1 is 1.29 bits per heavy atom. The number of ketones is 1. The highest BCUT2D eigenvalue weighted by Gasteiger charge is 2.23. The average molecular weight is 381 g/mol. The molecule has 0 saturated heterocycles. The quantitative estimate of drug-likeness (QED) is 0.265. The van der Waals surface area contributed by atoms with Crippen molar-refractivity contribution in [1.82, 2.24) is 9.78 Å². The van der Waals surface area contributed by atoms with Crippen molar-refractivity contribution in [3.8, 4) is 5.75 Å². The van der Waals surface area contributed by atoms with Crippen molar-refractivity contribution in [3.63, 3.8) is 0 Å². The van der Waals surface area contributed by atoms with Crippen LogP contribution >= 0.6 is 0 Å². The van der Waals surface area contributed by atoms with E-state index in [4.69, 9.17) is 9.15 Å². The van der Waals surface area contributed by atoms with E-state index in [1.807, 2.05) is 26.0 Å². The van der Waals surface area contributed by atoms with Gasteiger partial charge in [-0.3, -0.25) is 19.6 Å². The number of ether oxygens (including phenoxy) is 1. The Morgan fingerprint density at radius 3 is 2.68 bits per heavy atom. The van der Waals surface area contributed by atoms with Crippen LogP contribution in [0.3, 0.4) is 0 Å². The van der Waals surface area contributed by atoms with E-state index in [-0.39, 0.29) is 18.0 Å². The SMILES string of the molecule is Cc1cc(C)cc(OCc2ccc(/C=C/C(=O)c3nn(C)cc3[N+](=O)[O-])o2)c1. The van der Waals surface area contributed by atoms with Crippen molar-refractivity contribution in [3.05, 3.63) is 81.1 Å². The number of allylic oxidation sites excluding steroid dienone is 1. The molecule has 0 amide bonds. The first-order valence-corrected chi connectivity index (χ1v) is 8.52. The lowest BCUT2D eigenvalue weighted by Gasteiger charge is -2.06. The predicted molar refractivity (Wildman–Crippen MR) is 102 cm³/mol. The molecule has 2 aromatic heterocycles. The summed E-state index contributed by atoms with van der Waals surface area (Å²) >= 11 is 0. The van der Waals surface area contributed by atoms with Gasteiger partial charge in [-0.2, -0.15) is 5.10 Å². The number of furan rings is 1. The minimum atomic E-state index is -0.635. The first-order valence-electron chi connectivity index (χ1n) is 8.52. The number of hydrogen-bond donors (Lipinski definition) is 0. The molecule has 0 bridgehead atoms. The lowest BCUT2D eigenvalue weighted by Crippen LogP contribution is -2.00. The Kier molecular flexibility index (Phi) is 5.39. The summed E-state index contributed by atoms with van der Waals surface area (Å²) < 4.78 is 12.6. The molecule has 0 aliphatic carbocycles. The van der Waals surface area contributed by atoms with E-state index in [9.17, 15) is 14.9 Å². The van der Waals surface area contributed by atoms with Crippen LogP contribution in [0.5, 0.6) is 5.75 Å². The Balaban J connectivity index is 1.65. The van der Waals surface area contributed by atoms with E-state index >= 15 is 0 Å². The average Bonchev–Trinajstić information content (AvgIpc) is 3.23. The second-order valence-corrected chi connectivity index (χ2v) is 6.41. The molecule has 3 rings (SSSR count). The molecule has 0 aliphatic rings. The third-order valence-corrected chi connectivity index (χ3v) is 3.90. The first kappa shape index (κ1) is 19.1. The Hall–Kier alpha value is -3.68. The van der Waals surface area contributed by atoms with Gasteiger partial charge in [0.05, 0.1) is 4.92 Å². The van der Waals surface area contributed by atoms with E-state index < -0.39 is 10.7 Å². The molecule has 2 heterocycles. The van der Waals surface area contributed by atoms with E-state index in [0.29, 0.717) is 11.5 Å². The molecule has 28 heavy (non-hydrogen) atoms. The fourth-order valence-electron chi connectivity index (χ4n) is 2.75. The summed E-state index contributed by atoms with van der Waals surface area (Å²) in [6.07, 6.45) is 3.83. The lowest BCUT2D eigenvalue weighted by atomic mass is 10.1. The van der Waals surface area contributed by atoms with Crippen LogP contribution in [0.4, 0.5) is 5.69 Å². The highest BCUT2D eigenvalue weighted by atomic mass is 16.6. The molecule has 0 saturated carbocycles. The number of nitro groups is 1. The monoisotopic (exact) mass is 381 g/mol. The summed E-state index contributed by atoms with van der Waals surface area (Å²) in [5.41, 5.74) is 1.67. The highest BCUT2D eigenvalue weighted by molar-refractivity contribution is 6.07. The van der Waals surface area contributed by atoms with Crippen LogP contribution in [-0.2, 0) is 13.7 Å². The summed E-state index contributed by atoms with van der Waals surface area (Å²) in [7, 11) is 1.52. The van der Waals surface area contributed by atoms with Crippen molar-refractivity contribution in [2.24, 2.45) is 7.05 Å². The smallest absolute Gasteiger partial charge is 0.318 e. The van der Waals surface area contributed by atoms with Gasteiger partial charge >= 0.3 is 5.69 Å². The van der Waals surface area contributed by atoms with Gasteiger partial charge in [-0.05, 0) is 61.4 Å². The second-order valence-electron chi connectivity index (χ2n) is 6.41. The Morgan fingerprint density at radius 2 is 2.00 bits per heavy atom. The van der Waals surface area contributed by atoms with E-state index in [1.54, 1.807) is 12.1 Å². The van der Waals surface area contributed by atoms with Gasteiger partial charge in [0.15, 0.2) is 0 Å². The van der Waals surface area contributed by atoms with Crippen molar-refractivity contribution in [1.29, 1.82) is 0 Å². The minimum Gasteiger partial charge on any atom is -0.486 e. The molecule has 0 aliphatic heterocycles. The molecule has 0 radical (unpaired) electrons. The molecule has 0 fully saturated rings. The third kappa shape index (κ3) is 4.53. The van der Waals surface area contributed by atoms with Gasteiger partial charge in [0.1, 0.15) is 30.1 Å². The number of benzene rings is 1. The zero-order chi connectivity index (χ0) is 20.3. The summed E-state index contributed by atoms with van der Waals surface area (Å²) in [6, 6.07) is 9.38. The third-order valence-electron chi connectivity index (χ3n) is 3.90. The van der Waals surface area contributed by atoms with Gasteiger partial charge in [-0.1, -0.05) is 6.07 Å². The number of hydrogen-bond acceptors (Lipinski definition) is 6. The minimum absolute atomic E-state index is 0.214. The van der Waals surface area contributed by atoms with Crippen LogP contribution in [0.2, 0.25) is 0 Å². The molecule has 8 heteroatoms. The number of nitrogens with zero attached hydrogens (tertiary/aromatic N) is 3. The lowest BCUT2D eigenvalue weighted by molar-refractivity contribution is -0.385. The molecule has 0 N–H and O–H groups in total. The molecular formula is C20H19N3O5. The van der Waals surface area contributed by atoms with Crippen LogP contribution in [-0.4, -0.2) is 20.5 Å². The van der Waals surface area contributed by atoms with Crippen molar-refractivity contribution >= 4 is 17.5 Å². The largest absolute Gasteiger partial charge is 0.486 e. The zero-order valence-corrected chi connectivity index (χ0v) is 15.7. The van der Waals surface area contributed by atoms with E-state index in [1.165, 1.54) is 30.1 Å². The van der Waals surface area contributed by atoms with Gasteiger partial charge in [0.25, 0.3) is 0 Å². The Labute approximate surface area is 161 Å². The number of aromatic nitrogens is 2. The highest BCUT2D eigenvalue weighted by Crippen LogP contribution is 2.20. The molecule has 0 atom stereocenters. The van der Waals surface area contributed by atoms with Crippen LogP contribution in [0.25, 0.3) is 6.08 Å². The number of carbonyl (C=O) groups is 1. The van der Waals surface area contributed by atoms with Crippen LogP contribution < -0.4 is 4.74 Å². The molecule has 0 spiro atoms. The van der Waals surface area contributed by atoms with Gasteiger partial charge < -0.3 is 9.15 Å². The van der Waals surface area contributed by atoms with Crippen molar-refractivity contribution in [2.45, 2.75) is 20.5 Å². The molecule has 1 aromatic carbocycles. The fraction of sp³-hybridized carbons (Fsp3) is 0.200. The second kappa shape index (κ2) is 7.91. The first-order chi connectivity index (χ1) is 13.3. The maximum absolute atomic E-state index is 12.2. The summed E-state index contributed by atoms with van der Waals surface area (Å²) in [6.45, 7) is 4.24. The summed E-state index contributed by atoms with van der Waals surface area (Å²) in [4.78, 5) is 22.6. The summed E-state index contributed by atoms with van der Waals surface area (Å²) in [5.74, 6) is 1.21. The van der Waals surface area contributed by atoms with Crippen LogP contribution in [0, 0.1) is 24.0 Å². The summed E-state index contributed by atoms with van der Waals surface area (Å²) in [5, 5.41) is 14.8. The van der Waals surface area contributed by atoms with E-state index in [0.717, 1.165) is 16.9 Å². The Bertz CT molecular complexity index is 1040. The molecule has 8 nitrogen and oxygen atoms in total. The standard InChI is InChI=1S/C20H19N3O5/c1-13-8-14(2)10-17(9-13)27-12-16-5-4-15(28-16)6-7-19(24)20-18(23(25)26)11-22(3)21-20/h4-11H,12H2,1-3H3/b7-6+. The molecule has 0 unspecified atom stereocenters. The topological polar surface area (TPSA) is 100 Å². The normalized spacial score (nSPS) is 11.1. The van der Waals surface area contributed by atoms with Crippen LogP contribution in [0.15, 0.2) is 47.0 Å². The van der Waals surface area contributed by atoms with Crippen LogP contribution in [0.1, 0.15) is 33.1 Å². The maximum atomic E-state index is 12.2. The maximum Gasteiger partial charge on any atom is 0.318 e. The predicted octanol–water partition coefficient (Wildman–Crippen LogP) is 4.01. The number of carbonyl (C=O) groups excluding carboxylic acids is 1. The molecule has 144 valence electrons. The zero-order valence-electron chi connectivity index (χ0n) is 15.7. The van der Waals surface area contributed by atoms with Gasteiger partial charge in [0.2, 0.25) is 11.5 Å². The van der Waals surface area contributed by atoms with Crippen molar-refractivity contribution < 1.29 is 18.9 Å². The van der Waals surface area contributed by atoms with Gasteiger partial charge in [-0.15, -0.1) is 0 Å². The number of rotatable bonds is 7. The van der Waals surface area contributed by atoms with Gasteiger partial charge in [0, 0.05) is 7.05 Å². The van der Waals surface area contributed by atoms with Crippen molar-refractivity contribution in [2.75, 3.05) is 0 Å². The molecule has 3 aromatic rings. The molecular weight excluding hydrogens is 362 g/mol. The fourth-order valence-corrected chi connectivity index (χ4v) is 2.75. The van der Waals surface area contributed by atoms with Gasteiger partial charge in [-0.25, -0.2) is 0 Å².